The predicted octanol–water partition coefficient (Wildman–Crippen LogP) is 5.24. The van der Waals surface area contributed by atoms with Crippen molar-refractivity contribution in [3.8, 4) is 11.3 Å². The third kappa shape index (κ3) is 2.14. The highest BCUT2D eigenvalue weighted by Crippen LogP contribution is 2.36. The first-order chi connectivity index (χ1) is 12.6. The number of furan rings is 1. The molecule has 3 heterocycles. The fraction of sp³-hybridized carbons (Fsp3) is 0.130. The van der Waals surface area contributed by atoms with Gasteiger partial charge in [-0.25, -0.2) is 9.55 Å². The Morgan fingerprint density at radius 2 is 1.81 bits per heavy atom. The van der Waals surface area contributed by atoms with E-state index in [-0.39, 0.29) is 0 Å². The Hall–Kier alpha value is -3.20. The van der Waals surface area contributed by atoms with Crippen molar-refractivity contribution < 1.29 is 8.98 Å². The van der Waals surface area contributed by atoms with E-state index in [0.717, 1.165) is 21.7 Å². The van der Waals surface area contributed by atoms with E-state index in [1.807, 2.05) is 12.3 Å². The van der Waals surface area contributed by atoms with Crippen LogP contribution in [0.5, 0.6) is 0 Å². The molecule has 0 saturated carbocycles. The quantitative estimate of drug-likeness (QED) is 0.391. The number of hydrogen-bond acceptors (Lipinski definition) is 2. The molecule has 0 spiro atoms. The molecule has 0 atom stereocenters. The smallest absolute Gasteiger partial charge is 0.227 e. The first-order valence-electron chi connectivity index (χ1n) is 8.79. The Bertz CT molecular complexity index is 1310. The van der Waals surface area contributed by atoms with Gasteiger partial charge >= 0.3 is 0 Å². The summed E-state index contributed by atoms with van der Waals surface area (Å²) in [6.07, 6.45) is 3.99. The molecule has 0 saturated heterocycles. The fourth-order valence-electron chi connectivity index (χ4n) is 3.77. The number of fused-ring (bicyclic) bond motifs is 5. The second-order valence-corrected chi connectivity index (χ2v) is 6.99. The monoisotopic (exact) mass is 339 g/mol. The lowest BCUT2D eigenvalue weighted by atomic mass is 9.99. The van der Waals surface area contributed by atoms with E-state index < -0.39 is 0 Å². The zero-order valence-electron chi connectivity index (χ0n) is 15.1. The third-order valence-electron chi connectivity index (χ3n) is 5.15. The van der Waals surface area contributed by atoms with Crippen LogP contribution in [-0.4, -0.2) is 4.98 Å². The van der Waals surface area contributed by atoms with Crippen molar-refractivity contribution in [3.63, 3.8) is 0 Å². The van der Waals surface area contributed by atoms with Crippen molar-refractivity contribution in [1.29, 1.82) is 0 Å². The molecular weight excluding hydrogens is 320 g/mol. The van der Waals surface area contributed by atoms with Crippen LogP contribution in [0.1, 0.15) is 11.1 Å². The van der Waals surface area contributed by atoms with Crippen LogP contribution in [0.25, 0.3) is 44.1 Å². The summed E-state index contributed by atoms with van der Waals surface area (Å²) in [5.41, 5.74) is 6.46. The number of rotatable bonds is 1. The molecule has 0 aliphatic heterocycles. The first kappa shape index (κ1) is 15.1. The summed E-state index contributed by atoms with van der Waals surface area (Å²) < 4.78 is 8.23. The highest BCUT2D eigenvalue weighted by Gasteiger charge is 2.18. The van der Waals surface area contributed by atoms with Crippen LogP contribution >= 0.6 is 0 Å². The van der Waals surface area contributed by atoms with Crippen molar-refractivity contribution in [2.45, 2.75) is 13.8 Å². The van der Waals surface area contributed by atoms with Crippen LogP contribution < -0.4 is 4.57 Å². The molecule has 5 rings (SSSR count). The Balaban J connectivity index is 1.92. The van der Waals surface area contributed by atoms with Gasteiger partial charge in [0.1, 0.15) is 12.6 Å². The van der Waals surface area contributed by atoms with Gasteiger partial charge in [-0.3, -0.25) is 0 Å². The molecule has 26 heavy (non-hydrogen) atoms. The lowest BCUT2D eigenvalue weighted by Gasteiger charge is -2.06. The van der Waals surface area contributed by atoms with E-state index in [2.05, 4.69) is 79.1 Å². The number of hydrogen-bond donors (Lipinski definition) is 0. The first-order valence-corrected chi connectivity index (χ1v) is 8.79. The Kier molecular flexibility index (Phi) is 3.13. The third-order valence-corrected chi connectivity index (χ3v) is 5.15. The van der Waals surface area contributed by atoms with E-state index in [0.29, 0.717) is 5.71 Å². The highest BCUT2D eigenvalue weighted by atomic mass is 16.3. The van der Waals surface area contributed by atoms with Crippen molar-refractivity contribution in [2.24, 2.45) is 7.05 Å². The summed E-state index contributed by atoms with van der Waals surface area (Å²) in [5.74, 6) is 0. The van der Waals surface area contributed by atoms with Gasteiger partial charge in [-0.15, -0.1) is 0 Å². The molecule has 3 nitrogen and oxygen atoms in total. The Labute approximate surface area is 151 Å². The van der Waals surface area contributed by atoms with Gasteiger partial charge in [0.2, 0.25) is 11.4 Å². The van der Waals surface area contributed by atoms with E-state index in [4.69, 9.17) is 4.42 Å². The summed E-state index contributed by atoms with van der Waals surface area (Å²) in [4.78, 5) is 4.54. The minimum absolute atomic E-state index is 0.698. The van der Waals surface area contributed by atoms with Crippen LogP contribution in [0.15, 0.2) is 65.3 Å². The molecule has 0 radical (unpaired) electrons. The lowest BCUT2D eigenvalue weighted by molar-refractivity contribution is -0.660. The molecule has 0 unspecified atom stereocenters. The van der Waals surface area contributed by atoms with Gasteiger partial charge in [0.25, 0.3) is 0 Å². The van der Waals surface area contributed by atoms with Crippen molar-refractivity contribution in [1.82, 2.24) is 4.98 Å². The van der Waals surface area contributed by atoms with Crippen LogP contribution in [0, 0.1) is 13.8 Å². The SMILES string of the molecule is Cc1cc[n+](C)c(-c2cc3c(cc2C)oc2ncc4ccccc4c23)c1. The normalized spacial score (nSPS) is 11.7. The summed E-state index contributed by atoms with van der Waals surface area (Å²) in [5, 5.41) is 4.52. The van der Waals surface area contributed by atoms with Crippen molar-refractivity contribution >= 4 is 32.8 Å². The molecule has 126 valence electrons. The maximum absolute atomic E-state index is 6.07. The Morgan fingerprint density at radius 1 is 0.962 bits per heavy atom. The minimum Gasteiger partial charge on any atom is -0.438 e. The minimum atomic E-state index is 0.698. The molecular formula is C23H19N2O+. The second-order valence-electron chi connectivity index (χ2n) is 6.99. The second kappa shape index (κ2) is 5.40. The molecule has 0 aliphatic rings. The lowest BCUT2D eigenvalue weighted by Crippen LogP contribution is -2.30. The topological polar surface area (TPSA) is 29.9 Å². The summed E-state index contributed by atoms with van der Waals surface area (Å²) >= 11 is 0. The summed E-state index contributed by atoms with van der Waals surface area (Å²) in [7, 11) is 2.09. The van der Waals surface area contributed by atoms with Crippen LogP contribution in [0.2, 0.25) is 0 Å². The van der Waals surface area contributed by atoms with E-state index in [9.17, 15) is 0 Å². The molecule has 3 aromatic heterocycles. The van der Waals surface area contributed by atoms with Gasteiger partial charge in [-0.05, 0) is 42.5 Å². The number of benzene rings is 2. The maximum Gasteiger partial charge on any atom is 0.227 e. The molecule has 2 aromatic carbocycles. The average Bonchev–Trinajstić information content (AvgIpc) is 3.01. The summed E-state index contributed by atoms with van der Waals surface area (Å²) in [6.45, 7) is 4.26. The van der Waals surface area contributed by atoms with Crippen molar-refractivity contribution in [2.75, 3.05) is 0 Å². The van der Waals surface area contributed by atoms with E-state index in [1.165, 1.54) is 27.8 Å². The molecule has 0 fully saturated rings. The van der Waals surface area contributed by atoms with Crippen LogP contribution in [0.4, 0.5) is 0 Å². The van der Waals surface area contributed by atoms with Crippen molar-refractivity contribution in [3.05, 3.63) is 72.1 Å². The van der Waals surface area contributed by atoms with Gasteiger partial charge in [0.05, 0.1) is 5.39 Å². The number of aryl methyl sites for hydroxylation is 3. The zero-order valence-corrected chi connectivity index (χ0v) is 15.1. The van der Waals surface area contributed by atoms with Crippen LogP contribution in [0.3, 0.4) is 0 Å². The zero-order chi connectivity index (χ0) is 17.8. The number of nitrogens with zero attached hydrogens (tertiary/aromatic N) is 2. The molecule has 0 aliphatic carbocycles. The van der Waals surface area contributed by atoms with Gasteiger partial charge in [0, 0.05) is 34.7 Å². The Morgan fingerprint density at radius 3 is 2.69 bits per heavy atom. The molecule has 5 aromatic rings. The molecule has 3 heteroatoms. The average molecular weight is 339 g/mol. The van der Waals surface area contributed by atoms with Crippen LogP contribution in [-0.2, 0) is 7.05 Å². The fourth-order valence-corrected chi connectivity index (χ4v) is 3.77. The highest BCUT2D eigenvalue weighted by molar-refractivity contribution is 6.18. The number of pyridine rings is 2. The van der Waals surface area contributed by atoms with Gasteiger partial charge in [-0.2, -0.15) is 0 Å². The number of aromatic nitrogens is 2. The van der Waals surface area contributed by atoms with E-state index in [1.54, 1.807) is 0 Å². The maximum atomic E-state index is 6.07. The molecule has 0 bridgehead atoms. The van der Waals surface area contributed by atoms with E-state index >= 15 is 0 Å². The van der Waals surface area contributed by atoms with Gasteiger partial charge in [-0.1, -0.05) is 24.3 Å². The van der Waals surface area contributed by atoms with Gasteiger partial charge < -0.3 is 4.42 Å². The molecule has 0 amide bonds. The largest absolute Gasteiger partial charge is 0.438 e. The standard InChI is InChI=1S/C23H19N2O/c1-14-8-9-25(3)20(10-14)18-12-19-21(11-15(18)2)26-23-22(19)17-7-5-4-6-16(17)13-24-23/h4-13H,1-3H3/q+1. The molecule has 0 N–H and O–H groups in total. The summed E-state index contributed by atoms with van der Waals surface area (Å²) in [6, 6.07) is 17.1. The predicted molar refractivity (Wildman–Crippen MR) is 105 cm³/mol. The van der Waals surface area contributed by atoms with Gasteiger partial charge in [0.15, 0.2) is 6.20 Å².